The molecule has 4 aromatic heterocycles. The number of pyridine rings is 3. The standard InChI is InChI=1S/C31H29N7O4/c1-31(2,40)19-42-25-11-26(30-22(12-32)15-35-37(30)18-25)21-6-7-27(33-14-21)36-16-23-10-24(17-36)38(23)29(39)9-5-20-4-8-28(41-3)34-13-20/h4,6-8,11,13-15,18,23-24,40H,10,16-17,19H2,1-3H3. The molecule has 212 valence electrons. The number of ether oxygens (including phenoxy) is 2. The lowest BCUT2D eigenvalue weighted by molar-refractivity contribution is -0.139. The number of anilines is 1. The highest BCUT2D eigenvalue weighted by Crippen LogP contribution is 2.35. The van der Waals surface area contributed by atoms with E-state index in [9.17, 15) is 15.2 Å². The first-order valence-corrected chi connectivity index (χ1v) is 13.5. The van der Waals surface area contributed by atoms with Gasteiger partial charge in [-0.3, -0.25) is 4.79 Å². The first kappa shape index (κ1) is 27.1. The van der Waals surface area contributed by atoms with Crippen LogP contribution in [0.15, 0.2) is 55.1 Å². The van der Waals surface area contributed by atoms with Crippen LogP contribution >= 0.6 is 0 Å². The molecule has 2 unspecified atom stereocenters. The lowest BCUT2D eigenvalue weighted by Gasteiger charge is -2.55. The summed E-state index contributed by atoms with van der Waals surface area (Å²) in [5, 5.41) is 24.1. The van der Waals surface area contributed by atoms with E-state index in [1.165, 1.54) is 6.20 Å². The minimum atomic E-state index is -1.00. The largest absolute Gasteiger partial charge is 0.489 e. The zero-order chi connectivity index (χ0) is 29.4. The van der Waals surface area contributed by atoms with Crippen LogP contribution in [0.3, 0.4) is 0 Å². The number of carbonyl (C=O) groups is 1. The third-order valence-corrected chi connectivity index (χ3v) is 7.37. The van der Waals surface area contributed by atoms with Crippen LogP contribution in [-0.2, 0) is 4.79 Å². The van der Waals surface area contributed by atoms with Gasteiger partial charge in [0.05, 0.1) is 48.3 Å². The predicted molar refractivity (Wildman–Crippen MR) is 154 cm³/mol. The number of hydrogen-bond donors (Lipinski definition) is 1. The normalized spacial score (nSPS) is 17.6. The number of nitriles is 1. The second-order valence-electron chi connectivity index (χ2n) is 11.1. The molecule has 42 heavy (non-hydrogen) atoms. The SMILES string of the molecule is COc1ccc(C#CC(=O)N2C3CC2CN(c2ccc(-c4cc(OCC(C)(C)O)cn5ncc(C#N)c45)cn2)C3)cn1. The van der Waals surface area contributed by atoms with E-state index < -0.39 is 5.60 Å². The fraction of sp³-hybridized carbons (Fsp3) is 0.323. The fourth-order valence-electron chi connectivity index (χ4n) is 5.36. The molecule has 0 radical (unpaired) electrons. The van der Waals surface area contributed by atoms with E-state index in [2.05, 4.69) is 32.9 Å². The van der Waals surface area contributed by atoms with Gasteiger partial charge in [0.2, 0.25) is 5.88 Å². The Kier molecular flexibility index (Phi) is 6.89. The molecule has 3 saturated heterocycles. The summed E-state index contributed by atoms with van der Waals surface area (Å²) in [6, 6.07) is 11.6. The summed E-state index contributed by atoms with van der Waals surface area (Å²) >= 11 is 0. The van der Waals surface area contributed by atoms with E-state index >= 15 is 0 Å². The van der Waals surface area contributed by atoms with Crippen LogP contribution in [0.25, 0.3) is 16.6 Å². The van der Waals surface area contributed by atoms with Gasteiger partial charge in [-0.05, 0) is 44.5 Å². The fourth-order valence-corrected chi connectivity index (χ4v) is 5.36. The summed E-state index contributed by atoms with van der Waals surface area (Å²) in [7, 11) is 1.55. The Bertz CT molecular complexity index is 1730. The Hall–Kier alpha value is -5.13. The summed E-state index contributed by atoms with van der Waals surface area (Å²) in [6.45, 7) is 4.79. The van der Waals surface area contributed by atoms with Gasteiger partial charge in [-0.25, -0.2) is 14.5 Å². The van der Waals surface area contributed by atoms with E-state index in [0.717, 1.165) is 23.4 Å². The van der Waals surface area contributed by atoms with Gasteiger partial charge >= 0.3 is 0 Å². The monoisotopic (exact) mass is 563 g/mol. The number of carbonyl (C=O) groups excluding carboxylic acids is 1. The van der Waals surface area contributed by atoms with Crippen LogP contribution in [0.4, 0.5) is 5.82 Å². The van der Waals surface area contributed by atoms with Crippen LogP contribution in [0, 0.1) is 23.2 Å². The Morgan fingerprint density at radius 2 is 1.95 bits per heavy atom. The summed E-state index contributed by atoms with van der Waals surface area (Å²) in [6.07, 6.45) is 7.52. The maximum atomic E-state index is 12.9. The summed E-state index contributed by atoms with van der Waals surface area (Å²) in [4.78, 5) is 25.8. The van der Waals surface area contributed by atoms with Gasteiger partial charge in [0.25, 0.3) is 5.91 Å². The first-order chi connectivity index (χ1) is 20.2. The number of hydrogen-bond acceptors (Lipinski definition) is 9. The van der Waals surface area contributed by atoms with Gasteiger partial charge in [0, 0.05) is 54.2 Å². The molecule has 3 fully saturated rings. The van der Waals surface area contributed by atoms with Crippen molar-refractivity contribution in [3.05, 3.63) is 66.2 Å². The predicted octanol–water partition coefficient (Wildman–Crippen LogP) is 2.66. The molecule has 1 N–H and O–H groups in total. The number of aliphatic hydroxyl groups is 1. The smallest absolute Gasteiger partial charge is 0.299 e. The van der Waals surface area contributed by atoms with Crippen molar-refractivity contribution in [3.8, 4) is 40.7 Å². The van der Waals surface area contributed by atoms with Crippen LogP contribution < -0.4 is 14.4 Å². The van der Waals surface area contributed by atoms with Crippen molar-refractivity contribution in [1.82, 2.24) is 24.5 Å². The molecule has 11 heteroatoms. The van der Waals surface area contributed by atoms with E-state index in [4.69, 9.17) is 14.5 Å². The number of piperazine rings is 1. The highest BCUT2D eigenvalue weighted by Gasteiger charge is 2.47. The number of amides is 1. The third-order valence-electron chi connectivity index (χ3n) is 7.37. The quantitative estimate of drug-likeness (QED) is 0.352. The number of piperidine rings is 1. The van der Waals surface area contributed by atoms with Crippen LogP contribution in [-0.4, -0.2) is 80.0 Å². The zero-order valence-electron chi connectivity index (χ0n) is 23.5. The van der Waals surface area contributed by atoms with Gasteiger partial charge in [-0.15, -0.1) is 0 Å². The molecule has 1 amide bonds. The van der Waals surface area contributed by atoms with Gasteiger partial charge in [-0.2, -0.15) is 10.4 Å². The first-order valence-electron chi connectivity index (χ1n) is 13.5. The molecule has 3 aliphatic rings. The summed E-state index contributed by atoms with van der Waals surface area (Å²) in [5.41, 5.74) is 2.30. The number of fused-ring (bicyclic) bond motifs is 3. The Morgan fingerprint density at radius 3 is 2.60 bits per heavy atom. The van der Waals surface area contributed by atoms with Gasteiger partial charge < -0.3 is 24.4 Å². The van der Waals surface area contributed by atoms with E-state index in [0.29, 0.717) is 41.4 Å². The van der Waals surface area contributed by atoms with Crippen LogP contribution in [0.1, 0.15) is 31.4 Å². The summed E-state index contributed by atoms with van der Waals surface area (Å²) < 4.78 is 12.5. The lowest BCUT2D eigenvalue weighted by atomic mass is 9.87. The molecular formula is C31H29N7O4. The van der Waals surface area contributed by atoms with Crippen molar-refractivity contribution in [1.29, 1.82) is 5.26 Å². The maximum absolute atomic E-state index is 12.9. The van der Waals surface area contributed by atoms with Crippen molar-refractivity contribution < 1.29 is 19.4 Å². The van der Waals surface area contributed by atoms with E-state index in [1.54, 1.807) is 56.2 Å². The number of nitrogens with zero attached hydrogens (tertiary/aromatic N) is 7. The van der Waals surface area contributed by atoms with Gasteiger partial charge in [0.1, 0.15) is 24.2 Å². The molecular weight excluding hydrogens is 534 g/mol. The van der Waals surface area contributed by atoms with Crippen molar-refractivity contribution in [2.75, 3.05) is 31.7 Å². The minimum Gasteiger partial charge on any atom is -0.489 e. The van der Waals surface area contributed by atoms with Crippen molar-refractivity contribution in [3.63, 3.8) is 0 Å². The van der Waals surface area contributed by atoms with Crippen molar-refractivity contribution >= 4 is 17.2 Å². The molecule has 4 aromatic rings. The number of rotatable bonds is 6. The maximum Gasteiger partial charge on any atom is 0.299 e. The Labute approximate surface area is 242 Å². The highest BCUT2D eigenvalue weighted by atomic mass is 16.5. The molecule has 0 aliphatic carbocycles. The van der Waals surface area contributed by atoms with E-state index in [1.807, 2.05) is 23.1 Å². The molecule has 11 nitrogen and oxygen atoms in total. The van der Waals surface area contributed by atoms with E-state index in [-0.39, 0.29) is 24.6 Å². The number of methoxy groups -OCH3 is 1. The average molecular weight is 564 g/mol. The Balaban J connectivity index is 1.17. The van der Waals surface area contributed by atoms with Crippen molar-refractivity contribution in [2.24, 2.45) is 0 Å². The van der Waals surface area contributed by atoms with Crippen LogP contribution in [0.5, 0.6) is 11.6 Å². The number of aromatic nitrogens is 4. The van der Waals surface area contributed by atoms with Gasteiger partial charge in [0.15, 0.2) is 0 Å². The van der Waals surface area contributed by atoms with Crippen LogP contribution in [0.2, 0.25) is 0 Å². The Morgan fingerprint density at radius 1 is 1.14 bits per heavy atom. The second-order valence-corrected chi connectivity index (χ2v) is 11.1. The van der Waals surface area contributed by atoms with Crippen molar-refractivity contribution in [2.45, 2.75) is 38.0 Å². The topological polar surface area (TPSA) is 129 Å². The average Bonchev–Trinajstić information content (AvgIpc) is 3.42. The third kappa shape index (κ3) is 5.30. The molecule has 0 aromatic carbocycles. The van der Waals surface area contributed by atoms with Gasteiger partial charge in [-0.1, -0.05) is 5.92 Å². The zero-order valence-corrected chi connectivity index (χ0v) is 23.5. The molecule has 7 rings (SSSR count). The second kappa shape index (κ2) is 10.7. The summed E-state index contributed by atoms with van der Waals surface area (Å²) in [5.74, 6) is 7.31. The lowest BCUT2D eigenvalue weighted by Crippen LogP contribution is -2.70. The molecule has 0 spiro atoms. The highest BCUT2D eigenvalue weighted by molar-refractivity contribution is 5.95. The molecule has 7 heterocycles. The molecule has 3 aliphatic heterocycles. The minimum absolute atomic E-state index is 0.0789. The molecule has 2 atom stereocenters. The molecule has 0 saturated carbocycles. The molecule has 2 bridgehead atoms.